The SMILES string of the molecule is COC(=O)c1ccc(Br)cc1OC[C@@H]1C[C@H]1C(=O)O. The Morgan fingerprint density at radius 1 is 1.47 bits per heavy atom. The van der Waals surface area contributed by atoms with Crippen molar-refractivity contribution < 1.29 is 24.2 Å². The Bertz CT molecular complexity index is 514. The van der Waals surface area contributed by atoms with E-state index >= 15 is 0 Å². The summed E-state index contributed by atoms with van der Waals surface area (Å²) in [6, 6.07) is 4.99. The zero-order chi connectivity index (χ0) is 14.0. The largest absolute Gasteiger partial charge is 0.492 e. The number of benzene rings is 1. The number of rotatable bonds is 5. The fourth-order valence-corrected chi connectivity index (χ4v) is 2.17. The van der Waals surface area contributed by atoms with Crippen LogP contribution in [0.25, 0.3) is 0 Å². The minimum atomic E-state index is -0.795. The first-order valence-corrected chi connectivity index (χ1v) is 6.55. The highest BCUT2D eigenvalue weighted by atomic mass is 79.9. The predicted molar refractivity (Wildman–Crippen MR) is 70.2 cm³/mol. The number of esters is 1. The molecule has 0 aliphatic heterocycles. The van der Waals surface area contributed by atoms with Gasteiger partial charge in [0.2, 0.25) is 0 Å². The summed E-state index contributed by atoms with van der Waals surface area (Å²) < 4.78 is 11.0. The van der Waals surface area contributed by atoms with Gasteiger partial charge >= 0.3 is 11.9 Å². The summed E-state index contributed by atoms with van der Waals surface area (Å²) in [5, 5.41) is 8.81. The quantitative estimate of drug-likeness (QED) is 0.840. The van der Waals surface area contributed by atoms with Crippen LogP contribution in [-0.2, 0) is 9.53 Å². The number of carbonyl (C=O) groups excluding carboxylic acids is 1. The van der Waals surface area contributed by atoms with Gasteiger partial charge in [0.15, 0.2) is 0 Å². The van der Waals surface area contributed by atoms with Gasteiger partial charge in [-0.2, -0.15) is 0 Å². The lowest BCUT2D eigenvalue weighted by atomic mass is 10.2. The van der Waals surface area contributed by atoms with E-state index in [0.29, 0.717) is 17.7 Å². The highest BCUT2D eigenvalue weighted by Gasteiger charge is 2.43. The van der Waals surface area contributed by atoms with E-state index in [1.165, 1.54) is 7.11 Å². The minimum absolute atomic E-state index is 0.0157. The first kappa shape index (κ1) is 13.9. The van der Waals surface area contributed by atoms with Crippen LogP contribution in [0.4, 0.5) is 0 Å². The number of ether oxygens (including phenoxy) is 2. The topological polar surface area (TPSA) is 72.8 Å². The van der Waals surface area contributed by atoms with Crippen molar-refractivity contribution in [3.63, 3.8) is 0 Å². The molecule has 0 amide bonds. The molecule has 2 atom stereocenters. The lowest BCUT2D eigenvalue weighted by Gasteiger charge is -2.10. The van der Waals surface area contributed by atoms with Crippen LogP contribution in [0.1, 0.15) is 16.8 Å². The standard InChI is InChI=1S/C13H13BrO5/c1-18-13(17)9-3-2-8(14)5-11(9)19-6-7-4-10(7)12(15)16/h2-3,5,7,10H,4,6H2,1H3,(H,15,16)/t7-,10+/m0/s1. The molecule has 102 valence electrons. The second-order valence-electron chi connectivity index (χ2n) is 4.38. The van der Waals surface area contributed by atoms with Crippen LogP contribution in [0.2, 0.25) is 0 Å². The number of aliphatic carboxylic acids is 1. The summed E-state index contributed by atoms with van der Waals surface area (Å²) in [6.45, 7) is 0.289. The maximum absolute atomic E-state index is 11.6. The molecule has 1 aliphatic rings. The number of carboxylic acids is 1. The Balaban J connectivity index is 2.05. The number of hydrogen-bond donors (Lipinski definition) is 1. The Hall–Kier alpha value is -1.56. The zero-order valence-electron chi connectivity index (χ0n) is 10.3. The molecule has 0 saturated heterocycles. The van der Waals surface area contributed by atoms with Gasteiger partial charge in [-0.3, -0.25) is 4.79 Å². The first-order chi connectivity index (χ1) is 9.02. The van der Waals surface area contributed by atoms with E-state index in [9.17, 15) is 9.59 Å². The van der Waals surface area contributed by atoms with Crippen molar-refractivity contribution in [3.05, 3.63) is 28.2 Å². The molecule has 6 heteroatoms. The molecular formula is C13H13BrO5. The van der Waals surface area contributed by atoms with Crippen molar-refractivity contribution in [2.45, 2.75) is 6.42 Å². The summed E-state index contributed by atoms with van der Waals surface area (Å²) in [5.41, 5.74) is 0.332. The van der Waals surface area contributed by atoms with Gasteiger partial charge in [0, 0.05) is 10.4 Å². The van der Waals surface area contributed by atoms with Crippen molar-refractivity contribution in [3.8, 4) is 5.75 Å². The maximum atomic E-state index is 11.6. The van der Waals surface area contributed by atoms with E-state index in [0.717, 1.165) is 4.47 Å². The molecule has 1 aliphatic carbocycles. The van der Waals surface area contributed by atoms with Gasteiger partial charge in [-0.25, -0.2) is 4.79 Å². The van der Waals surface area contributed by atoms with Crippen LogP contribution < -0.4 is 4.74 Å². The zero-order valence-corrected chi connectivity index (χ0v) is 11.8. The van der Waals surface area contributed by atoms with Crippen molar-refractivity contribution in [1.82, 2.24) is 0 Å². The van der Waals surface area contributed by atoms with Gasteiger partial charge in [0.25, 0.3) is 0 Å². The van der Waals surface area contributed by atoms with Gasteiger partial charge in [-0.05, 0) is 24.6 Å². The van der Waals surface area contributed by atoms with E-state index in [-0.39, 0.29) is 18.4 Å². The van der Waals surface area contributed by atoms with Crippen molar-refractivity contribution in [1.29, 1.82) is 0 Å². The van der Waals surface area contributed by atoms with Crippen LogP contribution >= 0.6 is 15.9 Å². The van der Waals surface area contributed by atoms with Gasteiger partial charge < -0.3 is 14.6 Å². The van der Waals surface area contributed by atoms with E-state index in [2.05, 4.69) is 20.7 Å². The molecule has 5 nitrogen and oxygen atoms in total. The Kier molecular flexibility index (Phi) is 4.09. The van der Waals surface area contributed by atoms with Gasteiger partial charge in [-0.1, -0.05) is 15.9 Å². The molecule has 1 aromatic rings. The van der Waals surface area contributed by atoms with Crippen molar-refractivity contribution >= 4 is 27.9 Å². The lowest BCUT2D eigenvalue weighted by Crippen LogP contribution is -2.10. The molecular weight excluding hydrogens is 316 g/mol. The Labute approximate surface area is 118 Å². The normalized spacial score (nSPS) is 20.7. The van der Waals surface area contributed by atoms with Gasteiger partial charge in [0.1, 0.15) is 11.3 Å². The van der Waals surface area contributed by atoms with E-state index in [1.54, 1.807) is 18.2 Å². The number of carbonyl (C=O) groups is 2. The molecule has 0 spiro atoms. The van der Waals surface area contributed by atoms with Crippen LogP contribution in [0.3, 0.4) is 0 Å². The molecule has 1 saturated carbocycles. The molecule has 0 heterocycles. The number of carboxylic acid groups (broad SMARTS) is 1. The smallest absolute Gasteiger partial charge is 0.341 e. The third-order valence-corrected chi connectivity index (χ3v) is 3.53. The Morgan fingerprint density at radius 2 is 2.21 bits per heavy atom. The number of methoxy groups -OCH3 is 1. The summed E-state index contributed by atoms with van der Waals surface area (Å²) in [6.07, 6.45) is 0.622. The average Bonchev–Trinajstić information content (AvgIpc) is 3.15. The fourth-order valence-electron chi connectivity index (χ4n) is 1.83. The molecule has 2 rings (SSSR count). The molecule has 0 bridgehead atoms. The summed E-state index contributed by atoms with van der Waals surface area (Å²) >= 11 is 3.30. The molecule has 1 N–H and O–H groups in total. The fraction of sp³-hybridized carbons (Fsp3) is 0.385. The highest BCUT2D eigenvalue weighted by molar-refractivity contribution is 9.10. The highest BCUT2D eigenvalue weighted by Crippen LogP contribution is 2.39. The van der Waals surface area contributed by atoms with E-state index in [4.69, 9.17) is 9.84 Å². The molecule has 0 radical (unpaired) electrons. The third kappa shape index (κ3) is 3.26. The molecule has 19 heavy (non-hydrogen) atoms. The Morgan fingerprint density at radius 3 is 2.79 bits per heavy atom. The minimum Gasteiger partial charge on any atom is -0.492 e. The first-order valence-electron chi connectivity index (χ1n) is 5.76. The lowest BCUT2D eigenvalue weighted by molar-refractivity contribution is -0.138. The van der Waals surface area contributed by atoms with Gasteiger partial charge in [-0.15, -0.1) is 0 Å². The average molecular weight is 329 g/mol. The number of hydrogen-bond acceptors (Lipinski definition) is 4. The van der Waals surface area contributed by atoms with E-state index in [1.807, 2.05) is 0 Å². The van der Waals surface area contributed by atoms with Crippen LogP contribution in [-0.4, -0.2) is 30.8 Å². The van der Waals surface area contributed by atoms with Crippen molar-refractivity contribution in [2.24, 2.45) is 11.8 Å². The monoisotopic (exact) mass is 328 g/mol. The van der Waals surface area contributed by atoms with E-state index < -0.39 is 11.9 Å². The molecule has 1 aromatic carbocycles. The molecule has 1 fully saturated rings. The maximum Gasteiger partial charge on any atom is 0.341 e. The van der Waals surface area contributed by atoms with Crippen LogP contribution in [0, 0.1) is 11.8 Å². The second kappa shape index (κ2) is 5.61. The van der Waals surface area contributed by atoms with Crippen molar-refractivity contribution in [2.75, 3.05) is 13.7 Å². The summed E-state index contributed by atoms with van der Waals surface area (Å²) in [4.78, 5) is 22.3. The predicted octanol–water partition coefficient (Wildman–Crippen LogP) is 2.34. The summed E-state index contributed by atoms with van der Waals surface area (Å²) in [5.74, 6) is -1.18. The van der Waals surface area contributed by atoms with Gasteiger partial charge in [0.05, 0.1) is 19.6 Å². The van der Waals surface area contributed by atoms with Crippen LogP contribution in [0.5, 0.6) is 5.75 Å². The molecule has 0 unspecified atom stereocenters. The number of halogens is 1. The molecule has 0 aromatic heterocycles. The summed E-state index contributed by atoms with van der Waals surface area (Å²) in [7, 11) is 1.30. The van der Waals surface area contributed by atoms with Crippen LogP contribution in [0.15, 0.2) is 22.7 Å². The third-order valence-electron chi connectivity index (χ3n) is 3.04. The second-order valence-corrected chi connectivity index (χ2v) is 5.30.